The second kappa shape index (κ2) is 22.4. The number of carboxylic acids is 1. The van der Waals surface area contributed by atoms with E-state index in [0.717, 1.165) is 11.1 Å². The predicted molar refractivity (Wildman–Crippen MR) is 214 cm³/mol. The predicted octanol–water partition coefficient (Wildman–Crippen LogP) is 5.72. The molecular formula is C40H42Cl2N6O9. The lowest BCUT2D eigenvalue weighted by Crippen LogP contribution is -2.47. The molecule has 0 fully saturated rings. The summed E-state index contributed by atoms with van der Waals surface area (Å²) in [7, 11) is 0. The number of nitrogens with zero attached hydrogens (tertiary/aromatic N) is 2. The largest absolute Gasteiger partial charge is 0.508 e. The molecule has 0 aliphatic heterocycles. The van der Waals surface area contributed by atoms with E-state index in [0.29, 0.717) is 38.1 Å². The second-order valence-corrected chi connectivity index (χ2v) is 13.3. The highest BCUT2D eigenvalue weighted by Crippen LogP contribution is 2.33. The van der Waals surface area contributed by atoms with E-state index in [1.54, 1.807) is 50.2 Å². The summed E-state index contributed by atoms with van der Waals surface area (Å²) in [6, 6.07) is 18.1. The number of carbonyl (C=O) groups is 4. The summed E-state index contributed by atoms with van der Waals surface area (Å²) < 4.78 is 0. The molecule has 17 heteroatoms. The van der Waals surface area contributed by atoms with Crippen LogP contribution in [0.25, 0.3) is 9.69 Å². The van der Waals surface area contributed by atoms with Gasteiger partial charge in [-0.15, -0.1) is 0 Å². The van der Waals surface area contributed by atoms with Gasteiger partial charge in [-0.05, 0) is 99.2 Å². The zero-order valence-electron chi connectivity index (χ0n) is 31.2. The van der Waals surface area contributed by atoms with E-state index in [-0.39, 0.29) is 29.9 Å². The Morgan fingerprint density at radius 1 is 0.702 bits per heavy atom. The van der Waals surface area contributed by atoms with Gasteiger partial charge in [0.05, 0.1) is 47.2 Å². The lowest BCUT2D eigenvalue weighted by Gasteiger charge is -2.21. The summed E-state index contributed by atoms with van der Waals surface area (Å²) in [5.74, 6) is 0.481. The first kappa shape index (κ1) is 47.0. The molecule has 0 bridgehead atoms. The summed E-state index contributed by atoms with van der Waals surface area (Å²) in [6.07, 6.45) is -1.57. The van der Waals surface area contributed by atoms with E-state index in [1.165, 1.54) is 50.2 Å². The minimum atomic E-state index is -1.05. The van der Waals surface area contributed by atoms with Gasteiger partial charge in [0.25, 0.3) is 11.8 Å². The molecule has 300 valence electrons. The van der Waals surface area contributed by atoms with Crippen molar-refractivity contribution < 1.29 is 44.7 Å². The molecule has 0 aliphatic rings. The Hall–Kier alpha value is -6.20. The molecule has 0 heterocycles. The van der Waals surface area contributed by atoms with Crippen LogP contribution in [-0.2, 0) is 22.4 Å². The van der Waals surface area contributed by atoms with Crippen LogP contribution in [0.3, 0.4) is 0 Å². The molecule has 0 spiro atoms. The smallest absolute Gasteiger partial charge is 0.309 e. The van der Waals surface area contributed by atoms with E-state index >= 15 is 0 Å². The van der Waals surface area contributed by atoms with Crippen molar-refractivity contribution in [3.8, 4) is 11.5 Å². The topological polar surface area (TPSA) is 240 Å². The van der Waals surface area contributed by atoms with Gasteiger partial charge in [0.15, 0.2) is 0 Å². The first-order valence-electron chi connectivity index (χ1n) is 17.0. The van der Waals surface area contributed by atoms with E-state index in [4.69, 9.17) is 52.4 Å². The maximum absolute atomic E-state index is 12.5. The number of nitrogens with two attached hydrogens (primary N) is 1. The third-order valence-corrected chi connectivity index (χ3v) is 9.50. The minimum absolute atomic E-state index is 0.0473. The zero-order chi connectivity index (χ0) is 43.0. The third-order valence-electron chi connectivity index (χ3n) is 8.54. The number of amides is 3. The highest BCUT2D eigenvalue weighted by Gasteiger charge is 2.27. The molecule has 4 aromatic carbocycles. The quantitative estimate of drug-likeness (QED) is 0.0408. The number of hydrazine groups is 2. The van der Waals surface area contributed by atoms with Crippen LogP contribution in [-0.4, -0.2) is 61.4 Å². The molecule has 0 radical (unpaired) electrons. The van der Waals surface area contributed by atoms with E-state index in [2.05, 4.69) is 20.5 Å². The van der Waals surface area contributed by atoms with Crippen LogP contribution in [0, 0.1) is 38.8 Å². The van der Waals surface area contributed by atoms with Gasteiger partial charge >= 0.3 is 5.97 Å². The number of nitrogen functional groups attached to an aromatic ring is 1. The Morgan fingerprint density at radius 3 is 1.49 bits per heavy atom. The Bertz CT molecular complexity index is 2170. The number of aliphatic hydroxyl groups excluding tert-OH is 2. The van der Waals surface area contributed by atoms with Crippen molar-refractivity contribution in [1.82, 2.24) is 16.3 Å². The van der Waals surface area contributed by atoms with Gasteiger partial charge in [0.2, 0.25) is 17.3 Å². The van der Waals surface area contributed by atoms with Crippen molar-refractivity contribution in [2.75, 3.05) is 0 Å². The second-order valence-electron chi connectivity index (χ2n) is 12.5. The number of aliphatic carboxylic acids is 1. The summed E-state index contributed by atoms with van der Waals surface area (Å²) >= 11 is 12.2. The van der Waals surface area contributed by atoms with Crippen molar-refractivity contribution in [3.63, 3.8) is 0 Å². The van der Waals surface area contributed by atoms with Crippen molar-refractivity contribution in [1.29, 1.82) is 0 Å². The fourth-order valence-electron chi connectivity index (χ4n) is 5.12. The number of benzene rings is 4. The lowest BCUT2D eigenvalue weighted by molar-refractivity contribution is -0.145. The first-order chi connectivity index (χ1) is 26.9. The number of halogens is 2. The molecule has 0 saturated heterocycles. The van der Waals surface area contributed by atoms with Crippen LogP contribution in [0.15, 0.2) is 72.8 Å². The molecule has 10 N–H and O–H groups in total. The maximum atomic E-state index is 12.5. The molecule has 57 heavy (non-hydrogen) atoms. The summed E-state index contributed by atoms with van der Waals surface area (Å²) in [6.45, 7) is 20.4. The van der Waals surface area contributed by atoms with Crippen molar-refractivity contribution in [3.05, 3.63) is 139 Å². The van der Waals surface area contributed by atoms with Crippen LogP contribution in [0.2, 0.25) is 10.0 Å². The Balaban J connectivity index is 0.000000329. The lowest BCUT2D eigenvalue weighted by atomic mass is 9.91. The van der Waals surface area contributed by atoms with Gasteiger partial charge in [-0.1, -0.05) is 59.6 Å². The van der Waals surface area contributed by atoms with Crippen LogP contribution < -0.4 is 22.1 Å². The van der Waals surface area contributed by atoms with Crippen LogP contribution in [0.5, 0.6) is 11.5 Å². The fraction of sp³-hybridized carbons (Fsp3) is 0.250. The van der Waals surface area contributed by atoms with Crippen LogP contribution in [0.4, 0.5) is 11.4 Å². The van der Waals surface area contributed by atoms with Gasteiger partial charge < -0.3 is 25.5 Å². The highest BCUT2D eigenvalue weighted by atomic mass is 35.5. The molecule has 0 saturated carbocycles. The monoisotopic (exact) mass is 820 g/mol. The normalized spacial score (nSPS) is 12.3. The molecule has 4 atom stereocenters. The molecule has 0 unspecified atom stereocenters. The number of hydrogen-bond donors (Lipinski definition) is 9. The van der Waals surface area contributed by atoms with Gasteiger partial charge in [0.1, 0.15) is 11.5 Å². The van der Waals surface area contributed by atoms with E-state index in [9.17, 15) is 34.5 Å². The van der Waals surface area contributed by atoms with Crippen molar-refractivity contribution in [2.45, 2.75) is 52.7 Å². The molecular weight excluding hydrogens is 779 g/mol. The third kappa shape index (κ3) is 13.8. The zero-order valence-corrected chi connectivity index (χ0v) is 32.8. The van der Waals surface area contributed by atoms with E-state index < -0.39 is 47.7 Å². The Kier molecular flexibility index (Phi) is 18.4. The number of phenolic OH excluding ortho intramolecular Hbond substituents is 2. The average Bonchev–Trinajstić information content (AvgIpc) is 3.17. The number of rotatable bonds is 10. The molecule has 4 rings (SSSR count). The Labute approximate surface area is 339 Å². The molecule has 0 aliphatic carbocycles. The first-order valence-corrected chi connectivity index (χ1v) is 17.7. The van der Waals surface area contributed by atoms with Crippen molar-refractivity contribution >= 4 is 58.3 Å². The van der Waals surface area contributed by atoms with Gasteiger partial charge in [-0.25, -0.2) is 15.5 Å². The van der Waals surface area contributed by atoms with Gasteiger partial charge in [0, 0.05) is 11.1 Å². The number of carbonyl (C=O) groups excluding carboxylic acids is 3. The molecule has 15 nitrogen and oxygen atoms in total. The van der Waals surface area contributed by atoms with E-state index in [1.807, 2.05) is 5.43 Å². The fourth-order valence-corrected chi connectivity index (χ4v) is 5.57. The number of nitrogens with one attached hydrogen (secondary N) is 3. The minimum Gasteiger partial charge on any atom is -0.508 e. The maximum Gasteiger partial charge on any atom is 0.309 e. The van der Waals surface area contributed by atoms with Crippen molar-refractivity contribution in [2.24, 2.45) is 17.7 Å². The molecule has 4 aromatic rings. The Morgan fingerprint density at radius 2 is 1.12 bits per heavy atom. The van der Waals surface area contributed by atoms with Gasteiger partial charge in [-0.2, -0.15) is 0 Å². The average molecular weight is 822 g/mol. The molecule has 3 amide bonds. The van der Waals surface area contributed by atoms with Crippen LogP contribution >= 0.6 is 23.2 Å². The number of phenols is 2. The molecule has 0 aromatic heterocycles. The standard InChI is InChI=1S/C20H20ClN3O4.C13H14ClNO3.C7H8N2O2/c1-11-13(7-8-17(22-3)18(11)21)10-16(12(2)25)20(28)24-23-19(27)14-5-4-6-15(26)9-14;1-7-9(4-5-11(15-3)12(7)14)6-10(8(2)16)13(17)18;8-9-7(11)5-2-1-3-6(10)4-5/h4-9,12,16,25-26H,10H2,1-2H3,(H,23,27)(H,24,28);4-5,8,10,16H,6H2,1-2H3,(H,17,18);1-4,10H,8H2,(H,9,11)/t12-,16+;8-,10+;/m00./s1. The summed E-state index contributed by atoms with van der Waals surface area (Å²) in [4.78, 5) is 53.0. The summed E-state index contributed by atoms with van der Waals surface area (Å²) in [5.41, 5.74) is 10.5. The SMILES string of the molecule is NNC(=O)c1cccc(O)c1.[C-]#[N+]c1ccc(C[C@@H](C(=O)NNC(=O)c2cccc(O)c2)[C@H](C)O)c(C)c1Cl.[C-]#[N+]c1ccc(C[C@@H](C(=O)O)[C@H](C)O)c(C)c1Cl. The number of aliphatic hydroxyl groups is 2. The number of aromatic hydroxyl groups is 2. The number of carboxylic acid groups (broad SMARTS) is 1. The number of hydrogen-bond acceptors (Lipinski definition) is 9. The van der Waals surface area contributed by atoms with Crippen LogP contribution in [0.1, 0.15) is 56.8 Å². The highest BCUT2D eigenvalue weighted by molar-refractivity contribution is 6.34. The summed E-state index contributed by atoms with van der Waals surface area (Å²) in [5, 5.41) is 47.5. The van der Waals surface area contributed by atoms with Gasteiger partial charge in [-0.3, -0.25) is 35.5 Å².